The molecular weight excluding hydrogens is 186 g/mol. The third kappa shape index (κ3) is 2.02. The van der Waals surface area contributed by atoms with Crippen LogP contribution < -0.4 is 5.73 Å². The molecule has 1 aromatic rings. The summed E-state index contributed by atoms with van der Waals surface area (Å²) in [5.41, 5.74) is 8.30. The Balaban J connectivity index is 0.000000845. The Morgan fingerprint density at radius 1 is 1.38 bits per heavy atom. The molecular formula is C10H14ClNO. The zero-order valence-electron chi connectivity index (χ0n) is 7.40. The van der Waals surface area contributed by atoms with Gasteiger partial charge < -0.3 is 10.5 Å². The van der Waals surface area contributed by atoms with Crippen LogP contribution in [0.2, 0.25) is 0 Å². The molecule has 3 heteroatoms. The number of nitrogens with two attached hydrogens (primary N) is 1. The van der Waals surface area contributed by atoms with Crippen LogP contribution in [0.15, 0.2) is 24.3 Å². The first kappa shape index (κ1) is 10.5. The molecule has 0 saturated carbocycles. The Morgan fingerprint density at radius 2 is 2.15 bits per heavy atom. The van der Waals surface area contributed by atoms with Gasteiger partial charge in [-0.25, -0.2) is 0 Å². The van der Waals surface area contributed by atoms with Crippen molar-refractivity contribution < 1.29 is 4.74 Å². The van der Waals surface area contributed by atoms with E-state index in [2.05, 4.69) is 18.2 Å². The highest BCUT2D eigenvalue weighted by Crippen LogP contribution is 2.24. The number of halogens is 1. The van der Waals surface area contributed by atoms with Gasteiger partial charge in [-0.05, 0) is 11.1 Å². The van der Waals surface area contributed by atoms with Crippen molar-refractivity contribution in [3.63, 3.8) is 0 Å². The van der Waals surface area contributed by atoms with Crippen LogP contribution in [0, 0.1) is 0 Å². The van der Waals surface area contributed by atoms with Crippen molar-refractivity contribution in [1.82, 2.24) is 0 Å². The van der Waals surface area contributed by atoms with Crippen LogP contribution >= 0.6 is 12.4 Å². The van der Waals surface area contributed by atoms with Gasteiger partial charge in [-0.3, -0.25) is 0 Å². The highest BCUT2D eigenvalue weighted by molar-refractivity contribution is 5.85. The molecule has 0 radical (unpaired) electrons. The molecule has 0 bridgehead atoms. The summed E-state index contributed by atoms with van der Waals surface area (Å²) in [7, 11) is 0. The molecule has 13 heavy (non-hydrogen) atoms. The largest absolute Gasteiger partial charge is 0.376 e. The summed E-state index contributed by atoms with van der Waals surface area (Å²) in [6.45, 7) is 2.19. The minimum atomic E-state index is 0. The van der Waals surface area contributed by atoms with Crippen molar-refractivity contribution in [3.8, 4) is 0 Å². The fourth-order valence-electron chi connectivity index (χ4n) is 1.66. The van der Waals surface area contributed by atoms with E-state index >= 15 is 0 Å². The van der Waals surface area contributed by atoms with Crippen molar-refractivity contribution in [2.24, 2.45) is 5.73 Å². The molecule has 0 saturated heterocycles. The van der Waals surface area contributed by atoms with Gasteiger partial charge in [0.05, 0.1) is 13.2 Å². The Bertz CT molecular complexity index is 277. The number of ether oxygens (including phenoxy) is 1. The molecule has 0 aliphatic carbocycles. The molecule has 1 aromatic carbocycles. The monoisotopic (exact) mass is 199 g/mol. The van der Waals surface area contributed by atoms with E-state index in [1.807, 2.05) is 6.07 Å². The smallest absolute Gasteiger partial charge is 0.0719 e. The maximum Gasteiger partial charge on any atom is 0.0719 e. The van der Waals surface area contributed by atoms with Crippen molar-refractivity contribution in [3.05, 3.63) is 35.4 Å². The van der Waals surface area contributed by atoms with Crippen molar-refractivity contribution in [1.29, 1.82) is 0 Å². The van der Waals surface area contributed by atoms with Gasteiger partial charge in [0.25, 0.3) is 0 Å². The molecule has 2 nitrogen and oxygen atoms in total. The van der Waals surface area contributed by atoms with E-state index in [-0.39, 0.29) is 12.4 Å². The van der Waals surface area contributed by atoms with E-state index in [0.717, 1.165) is 13.2 Å². The highest BCUT2D eigenvalue weighted by Gasteiger charge is 2.18. The van der Waals surface area contributed by atoms with E-state index in [1.165, 1.54) is 11.1 Å². The number of hydrogen-bond acceptors (Lipinski definition) is 2. The van der Waals surface area contributed by atoms with Gasteiger partial charge in [0.2, 0.25) is 0 Å². The van der Waals surface area contributed by atoms with Crippen molar-refractivity contribution >= 4 is 12.4 Å². The summed E-state index contributed by atoms with van der Waals surface area (Å²) >= 11 is 0. The van der Waals surface area contributed by atoms with Gasteiger partial charge in [0.15, 0.2) is 0 Å². The average molecular weight is 200 g/mol. The molecule has 1 atom stereocenters. The average Bonchev–Trinajstić information content (AvgIpc) is 2.17. The quantitative estimate of drug-likeness (QED) is 0.747. The summed E-state index contributed by atoms with van der Waals surface area (Å²) in [6, 6.07) is 8.36. The Labute approximate surface area is 84.5 Å². The minimum Gasteiger partial charge on any atom is -0.376 e. The van der Waals surface area contributed by atoms with Crippen LogP contribution in [0.1, 0.15) is 17.0 Å². The molecule has 1 unspecified atom stereocenters. The lowest BCUT2D eigenvalue weighted by Gasteiger charge is -2.24. The fraction of sp³-hybridized carbons (Fsp3) is 0.400. The van der Waals surface area contributed by atoms with E-state index < -0.39 is 0 Å². The Hall–Kier alpha value is -0.570. The lowest BCUT2D eigenvalue weighted by Crippen LogP contribution is -2.23. The molecule has 0 spiro atoms. The maximum atomic E-state index is 5.64. The predicted octanol–water partition coefficient (Wildman–Crippen LogP) is 1.68. The fourth-order valence-corrected chi connectivity index (χ4v) is 1.66. The first-order valence-corrected chi connectivity index (χ1v) is 4.27. The second-order valence-corrected chi connectivity index (χ2v) is 3.15. The molecule has 2 N–H and O–H groups in total. The van der Waals surface area contributed by atoms with Gasteiger partial charge in [-0.15, -0.1) is 12.4 Å². The zero-order chi connectivity index (χ0) is 8.39. The molecule has 0 aromatic heterocycles. The Morgan fingerprint density at radius 3 is 2.92 bits per heavy atom. The highest BCUT2D eigenvalue weighted by atomic mass is 35.5. The first-order chi connectivity index (χ1) is 5.92. The summed E-state index contributed by atoms with van der Waals surface area (Å²) in [6.07, 6.45) is 0. The third-order valence-electron chi connectivity index (χ3n) is 2.36. The van der Waals surface area contributed by atoms with Gasteiger partial charge in [0.1, 0.15) is 0 Å². The van der Waals surface area contributed by atoms with E-state index in [9.17, 15) is 0 Å². The van der Waals surface area contributed by atoms with Gasteiger partial charge in [0, 0.05) is 12.5 Å². The van der Waals surface area contributed by atoms with Gasteiger partial charge in [-0.1, -0.05) is 24.3 Å². The predicted molar refractivity (Wildman–Crippen MR) is 55.1 cm³/mol. The van der Waals surface area contributed by atoms with E-state index in [0.29, 0.717) is 12.5 Å². The number of benzene rings is 1. The van der Waals surface area contributed by atoms with Gasteiger partial charge in [-0.2, -0.15) is 0 Å². The second-order valence-electron chi connectivity index (χ2n) is 3.15. The van der Waals surface area contributed by atoms with Crippen LogP contribution in [-0.4, -0.2) is 13.2 Å². The second kappa shape index (κ2) is 4.61. The van der Waals surface area contributed by atoms with Crippen LogP contribution in [-0.2, 0) is 11.3 Å². The van der Waals surface area contributed by atoms with Crippen LogP contribution in [0.4, 0.5) is 0 Å². The lowest BCUT2D eigenvalue weighted by atomic mass is 9.93. The van der Waals surface area contributed by atoms with Crippen LogP contribution in [0.25, 0.3) is 0 Å². The molecule has 1 heterocycles. The summed E-state index contributed by atoms with van der Waals surface area (Å²) in [5, 5.41) is 0. The Kier molecular flexibility index (Phi) is 3.72. The number of rotatable bonds is 1. The van der Waals surface area contributed by atoms with Crippen LogP contribution in [0.5, 0.6) is 0 Å². The third-order valence-corrected chi connectivity index (χ3v) is 2.36. The van der Waals surface area contributed by atoms with E-state index in [4.69, 9.17) is 10.5 Å². The number of fused-ring (bicyclic) bond motifs is 1. The zero-order valence-corrected chi connectivity index (χ0v) is 8.22. The number of hydrogen-bond donors (Lipinski definition) is 1. The summed E-state index contributed by atoms with van der Waals surface area (Å²) in [5.74, 6) is 0.398. The lowest BCUT2D eigenvalue weighted by molar-refractivity contribution is 0.0928. The summed E-state index contributed by atoms with van der Waals surface area (Å²) < 4.78 is 5.42. The molecule has 0 amide bonds. The van der Waals surface area contributed by atoms with Crippen molar-refractivity contribution in [2.45, 2.75) is 12.5 Å². The SMILES string of the molecule is Cl.NCC1COCc2ccccc21. The van der Waals surface area contributed by atoms with Crippen LogP contribution in [0.3, 0.4) is 0 Å². The first-order valence-electron chi connectivity index (χ1n) is 4.27. The maximum absolute atomic E-state index is 5.64. The molecule has 0 fully saturated rings. The molecule has 72 valence electrons. The minimum absolute atomic E-state index is 0. The topological polar surface area (TPSA) is 35.2 Å². The van der Waals surface area contributed by atoms with Crippen molar-refractivity contribution in [2.75, 3.05) is 13.2 Å². The summed E-state index contributed by atoms with van der Waals surface area (Å²) in [4.78, 5) is 0. The van der Waals surface area contributed by atoms with Gasteiger partial charge >= 0.3 is 0 Å². The normalized spacial score (nSPS) is 20.2. The standard InChI is InChI=1S/C10H13NO.ClH/c11-5-9-7-12-6-8-3-1-2-4-10(8)9;/h1-4,9H,5-7,11H2;1H. The van der Waals surface area contributed by atoms with E-state index in [1.54, 1.807) is 0 Å². The molecule has 2 rings (SSSR count). The molecule has 1 aliphatic rings. The molecule has 1 aliphatic heterocycles.